The van der Waals surface area contributed by atoms with Crippen molar-refractivity contribution in [2.75, 3.05) is 13.1 Å². The number of hydrogen-bond donors (Lipinski definition) is 1. The van der Waals surface area contributed by atoms with Gasteiger partial charge in [-0.2, -0.15) is 5.10 Å². The van der Waals surface area contributed by atoms with Crippen LogP contribution in [0.2, 0.25) is 0 Å². The zero-order valence-electron chi connectivity index (χ0n) is 7.03. The van der Waals surface area contributed by atoms with Crippen LogP contribution in [0.3, 0.4) is 0 Å². The molecule has 0 amide bonds. The minimum Gasteiger partial charge on any atom is -0.314 e. The molecule has 0 saturated heterocycles. The molecule has 12 heavy (non-hydrogen) atoms. The maximum atomic E-state index is 5.10. The Morgan fingerprint density at radius 3 is 3.08 bits per heavy atom. The fraction of sp³-hybridized carbons (Fsp3) is 0.444. The van der Waals surface area contributed by atoms with Gasteiger partial charge in [-0.05, 0) is 6.07 Å². The molecule has 1 aromatic rings. The van der Waals surface area contributed by atoms with Crippen LogP contribution in [0.1, 0.15) is 6.42 Å². The summed E-state index contributed by atoms with van der Waals surface area (Å²) in [6, 6.07) is 1.92. The first kappa shape index (κ1) is 8.82. The van der Waals surface area contributed by atoms with Gasteiger partial charge < -0.3 is 5.32 Å². The van der Waals surface area contributed by atoms with Crippen molar-refractivity contribution in [3.63, 3.8) is 0 Å². The summed E-state index contributed by atoms with van der Waals surface area (Å²) < 4.78 is 1.89. The predicted octanol–water partition coefficient (Wildman–Crippen LogP) is 0.496. The van der Waals surface area contributed by atoms with Crippen molar-refractivity contribution in [3.8, 4) is 12.3 Å². The first-order chi connectivity index (χ1) is 5.93. The standard InChI is InChI=1S/C9H13N3/c1-2-3-5-10-7-9-12-8-4-6-11-12/h1,4,6,8,10H,3,5,7,9H2. The fourth-order valence-electron chi connectivity index (χ4n) is 0.912. The maximum absolute atomic E-state index is 5.10. The van der Waals surface area contributed by atoms with Crippen molar-refractivity contribution >= 4 is 0 Å². The summed E-state index contributed by atoms with van der Waals surface area (Å²) in [5.74, 6) is 2.58. The molecule has 0 aliphatic rings. The van der Waals surface area contributed by atoms with Crippen LogP contribution in [0.15, 0.2) is 18.5 Å². The molecule has 3 nitrogen and oxygen atoms in total. The molecule has 0 radical (unpaired) electrons. The number of nitrogens with one attached hydrogen (secondary N) is 1. The molecule has 1 N–H and O–H groups in total. The van der Waals surface area contributed by atoms with Crippen molar-refractivity contribution in [2.24, 2.45) is 0 Å². The number of hydrogen-bond acceptors (Lipinski definition) is 2. The Bertz CT molecular complexity index is 233. The lowest BCUT2D eigenvalue weighted by Gasteiger charge is -2.01. The van der Waals surface area contributed by atoms with Gasteiger partial charge in [0.15, 0.2) is 0 Å². The molecule has 0 saturated carbocycles. The van der Waals surface area contributed by atoms with Crippen molar-refractivity contribution in [1.82, 2.24) is 15.1 Å². The molecule has 1 aromatic heterocycles. The van der Waals surface area contributed by atoms with Crippen LogP contribution in [-0.2, 0) is 6.54 Å². The molecule has 0 fully saturated rings. The van der Waals surface area contributed by atoms with E-state index in [2.05, 4.69) is 16.3 Å². The molecule has 0 bridgehead atoms. The Morgan fingerprint density at radius 1 is 1.50 bits per heavy atom. The highest BCUT2D eigenvalue weighted by atomic mass is 15.3. The maximum Gasteiger partial charge on any atom is 0.0533 e. The summed E-state index contributed by atoms with van der Waals surface area (Å²) in [5, 5.41) is 7.29. The average Bonchev–Trinajstić information content (AvgIpc) is 2.57. The second-order valence-corrected chi connectivity index (χ2v) is 2.47. The second kappa shape index (κ2) is 5.39. The third-order valence-electron chi connectivity index (χ3n) is 1.52. The summed E-state index contributed by atoms with van der Waals surface area (Å²) in [7, 11) is 0. The smallest absolute Gasteiger partial charge is 0.0533 e. The summed E-state index contributed by atoms with van der Waals surface area (Å²) in [4.78, 5) is 0. The first-order valence-electron chi connectivity index (χ1n) is 4.05. The van der Waals surface area contributed by atoms with Gasteiger partial charge in [0.1, 0.15) is 0 Å². The highest BCUT2D eigenvalue weighted by molar-refractivity contribution is 4.84. The number of aromatic nitrogens is 2. The van der Waals surface area contributed by atoms with Crippen LogP contribution in [0, 0.1) is 12.3 Å². The Kier molecular flexibility index (Phi) is 3.96. The Labute approximate surface area is 72.8 Å². The highest BCUT2D eigenvalue weighted by Crippen LogP contribution is 1.82. The van der Waals surface area contributed by atoms with Gasteiger partial charge >= 0.3 is 0 Å². The van der Waals surface area contributed by atoms with Crippen LogP contribution < -0.4 is 5.32 Å². The lowest BCUT2D eigenvalue weighted by molar-refractivity contribution is 0.559. The van der Waals surface area contributed by atoms with Crippen LogP contribution in [0.25, 0.3) is 0 Å². The fourth-order valence-corrected chi connectivity index (χ4v) is 0.912. The van der Waals surface area contributed by atoms with E-state index in [9.17, 15) is 0 Å². The number of rotatable bonds is 5. The molecule has 3 heteroatoms. The van der Waals surface area contributed by atoms with Gasteiger partial charge in [0.25, 0.3) is 0 Å². The SMILES string of the molecule is C#CCCNCCn1cccn1. The number of terminal acetylenes is 1. The van der Waals surface area contributed by atoms with Gasteiger partial charge in [-0.15, -0.1) is 12.3 Å². The molecule has 0 unspecified atom stereocenters. The largest absolute Gasteiger partial charge is 0.314 e. The van der Waals surface area contributed by atoms with Crippen molar-refractivity contribution in [2.45, 2.75) is 13.0 Å². The Hall–Kier alpha value is -1.27. The summed E-state index contributed by atoms with van der Waals surface area (Å²) in [6.45, 7) is 2.71. The summed E-state index contributed by atoms with van der Waals surface area (Å²) >= 11 is 0. The average molecular weight is 163 g/mol. The van der Waals surface area contributed by atoms with E-state index in [1.54, 1.807) is 6.20 Å². The van der Waals surface area contributed by atoms with E-state index in [0.717, 1.165) is 26.1 Å². The minimum absolute atomic E-state index is 0.791. The molecule has 0 spiro atoms. The lowest BCUT2D eigenvalue weighted by atomic mass is 10.4. The van der Waals surface area contributed by atoms with Crippen LogP contribution >= 0.6 is 0 Å². The normalized spacial score (nSPS) is 9.58. The van der Waals surface area contributed by atoms with Crippen molar-refractivity contribution in [1.29, 1.82) is 0 Å². The van der Waals surface area contributed by atoms with Gasteiger partial charge in [-0.3, -0.25) is 4.68 Å². The van der Waals surface area contributed by atoms with Crippen LogP contribution in [0.4, 0.5) is 0 Å². The third-order valence-corrected chi connectivity index (χ3v) is 1.52. The molecule has 0 atom stereocenters. The van der Waals surface area contributed by atoms with Crippen molar-refractivity contribution in [3.05, 3.63) is 18.5 Å². The van der Waals surface area contributed by atoms with E-state index in [0.29, 0.717) is 0 Å². The molecule has 1 rings (SSSR count). The zero-order valence-corrected chi connectivity index (χ0v) is 7.03. The van der Waals surface area contributed by atoms with E-state index in [4.69, 9.17) is 6.42 Å². The molecule has 1 heterocycles. The van der Waals surface area contributed by atoms with E-state index in [1.807, 2.05) is 16.9 Å². The van der Waals surface area contributed by atoms with Gasteiger partial charge in [0, 0.05) is 31.9 Å². The second-order valence-electron chi connectivity index (χ2n) is 2.47. The molecular formula is C9H13N3. The summed E-state index contributed by atoms with van der Waals surface area (Å²) in [6.07, 6.45) is 9.62. The van der Waals surface area contributed by atoms with E-state index in [-0.39, 0.29) is 0 Å². The van der Waals surface area contributed by atoms with Crippen LogP contribution in [0.5, 0.6) is 0 Å². The lowest BCUT2D eigenvalue weighted by Crippen LogP contribution is -2.20. The molecule has 64 valence electrons. The van der Waals surface area contributed by atoms with Gasteiger partial charge in [0.05, 0.1) is 6.54 Å². The van der Waals surface area contributed by atoms with E-state index < -0.39 is 0 Å². The van der Waals surface area contributed by atoms with Gasteiger partial charge in [-0.1, -0.05) is 0 Å². The highest BCUT2D eigenvalue weighted by Gasteiger charge is 1.88. The minimum atomic E-state index is 0.791. The van der Waals surface area contributed by atoms with Crippen LogP contribution in [-0.4, -0.2) is 22.9 Å². The molecule has 0 aliphatic carbocycles. The quantitative estimate of drug-likeness (QED) is 0.506. The molecular weight excluding hydrogens is 150 g/mol. The zero-order chi connectivity index (χ0) is 8.65. The summed E-state index contributed by atoms with van der Waals surface area (Å²) in [5.41, 5.74) is 0. The Balaban J connectivity index is 2.01. The Morgan fingerprint density at radius 2 is 2.42 bits per heavy atom. The molecule has 0 aromatic carbocycles. The van der Waals surface area contributed by atoms with Gasteiger partial charge in [0.2, 0.25) is 0 Å². The van der Waals surface area contributed by atoms with Gasteiger partial charge in [-0.25, -0.2) is 0 Å². The molecule has 0 aliphatic heterocycles. The monoisotopic (exact) mass is 163 g/mol. The van der Waals surface area contributed by atoms with E-state index in [1.165, 1.54) is 0 Å². The number of nitrogens with zero attached hydrogens (tertiary/aromatic N) is 2. The van der Waals surface area contributed by atoms with E-state index >= 15 is 0 Å². The van der Waals surface area contributed by atoms with Crippen molar-refractivity contribution < 1.29 is 0 Å². The predicted molar refractivity (Wildman–Crippen MR) is 48.5 cm³/mol. The third kappa shape index (κ3) is 3.22. The first-order valence-corrected chi connectivity index (χ1v) is 4.05. The topological polar surface area (TPSA) is 29.9 Å².